The molecule has 3 aliphatic rings. The molecule has 7 rings (SSSR count). The fourth-order valence-electron chi connectivity index (χ4n) is 6.92. The molecule has 0 unspecified atom stereocenters. The molecule has 0 aliphatic carbocycles. The molecular formula is C34H24N4O4. The SMILES string of the molecule is N#CCOc1ccccc1C(=O)[C@H]1[C@@H](C(=O)c2cccnc2)[C@@]2(C(=O)Nc3ccccc32)[C@H]2c3ccccc3C=CN12. The van der Waals surface area contributed by atoms with Gasteiger partial charge in [0.15, 0.2) is 18.2 Å². The molecule has 0 radical (unpaired) electrons. The topological polar surface area (TPSA) is 112 Å². The van der Waals surface area contributed by atoms with Crippen molar-refractivity contribution >= 4 is 29.2 Å². The summed E-state index contributed by atoms with van der Waals surface area (Å²) in [6.45, 7) is -0.244. The molecule has 3 aromatic carbocycles. The van der Waals surface area contributed by atoms with Crippen LogP contribution in [0.2, 0.25) is 0 Å². The van der Waals surface area contributed by atoms with Crippen LogP contribution in [0.25, 0.3) is 6.08 Å². The Morgan fingerprint density at radius 2 is 1.76 bits per heavy atom. The number of hydrogen-bond acceptors (Lipinski definition) is 7. The minimum absolute atomic E-state index is 0.233. The first-order valence-electron chi connectivity index (χ1n) is 13.6. The number of rotatable bonds is 6. The Morgan fingerprint density at radius 3 is 2.60 bits per heavy atom. The van der Waals surface area contributed by atoms with Crippen molar-refractivity contribution < 1.29 is 19.1 Å². The minimum Gasteiger partial charge on any atom is -0.478 e. The largest absolute Gasteiger partial charge is 0.478 e. The first-order valence-corrected chi connectivity index (χ1v) is 13.6. The van der Waals surface area contributed by atoms with Crippen LogP contribution in [0.3, 0.4) is 0 Å². The summed E-state index contributed by atoms with van der Waals surface area (Å²) in [5.41, 5.74) is 2.15. The Labute approximate surface area is 241 Å². The van der Waals surface area contributed by atoms with E-state index >= 15 is 0 Å². The van der Waals surface area contributed by atoms with Crippen LogP contribution in [0.15, 0.2) is 104 Å². The zero-order valence-electron chi connectivity index (χ0n) is 22.3. The summed E-state index contributed by atoms with van der Waals surface area (Å²) in [5, 5.41) is 12.2. The van der Waals surface area contributed by atoms with Crippen molar-refractivity contribution in [2.45, 2.75) is 17.5 Å². The number of carbonyl (C=O) groups is 3. The number of pyridine rings is 1. The highest BCUT2D eigenvalue weighted by Crippen LogP contribution is 2.62. The minimum atomic E-state index is -1.44. The number of ether oxygens (including phenoxy) is 1. The van der Waals surface area contributed by atoms with Gasteiger partial charge < -0.3 is 15.0 Å². The van der Waals surface area contributed by atoms with E-state index in [1.807, 2.05) is 71.8 Å². The lowest BCUT2D eigenvalue weighted by atomic mass is 9.62. The fourth-order valence-corrected chi connectivity index (χ4v) is 6.92. The summed E-state index contributed by atoms with van der Waals surface area (Å²) in [7, 11) is 0. The van der Waals surface area contributed by atoms with Gasteiger partial charge in [-0.05, 0) is 53.1 Å². The van der Waals surface area contributed by atoms with Crippen LogP contribution in [0, 0.1) is 17.2 Å². The molecule has 0 saturated carbocycles. The van der Waals surface area contributed by atoms with E-state index in [1.165, 1.54) is 6.20 Å². The Morgan fingerprint density at radius 1 is 0.976 bits per heavy atom. The van der Waals surface area contributed by atoms with Gasteiger partial charge in [-0.1, -0.05) is 54.6 Å². The van der Waals surface area contributed by atoms with E-state index in [-0.39, 0.29) is 35.4 Å². The second-order valence-corrected chi connectivity index (χ2v) is 10.5. The molecule has 1 aromatic heterocycles. The number of Topliss-reactive ketones (excluding diaryl/α,β-unsaturated/α-hetero) is 2. The number of aromatic nitrogens is 1. The maximum absolute atomic E-state index is 14.8. The quantitative estimate of drug-likeness (QED) is 0.336. The normalized spacial score (nSPS) is 23.0. The third-order valence-corrected chi connectivity index (χ3v) is 8.51. The third kappa shape index (κ3) is 3.53. The van der Waals surface area contributed by atoms with Crippen molar-refractivity contribution in [3.63, 3.8) is 0 Å². The molecular weight excluding hydrogens is 528 g/mol. The molecule has 1 saturated heterocycles. The Hall–Kier alpha value is -5.55. The number of fused-ring (bicyclic) bond motifs is 6. The highest BCUT2D eigenvalue weighted by Gasteiger charge is 2.70. The van der Waals surface area contributed by atoms with E-state index in [1.54, 1.807) is 42.6 Å². The van der Waals surface area contributed by atoms with Gasteiger partial charge in [-0.15, -0.1) is 0 Å². The monoisotopic (exact) mass is 552 g/mol. The number of nitrogens with zero attached hydrogens (tertiary/aromatic N) is 3. The van der Waals surface area contributed by atoms with Gasteiger partial charge in [0.2, 0.25) is 5.91 Å². The lowest BCUT2D eigenvalue weighted by molar-refractivity contribution is -0.122. The maximum atomic E-state index is 14.8. The number of nitrogens with one attached hydrogen (secondary N) is 1. The van der Waals surface area contributed by atoms with Gasteiger partial charge in [-0.2, -0.15) is 5.26 Å². The van der Waals surface area contributed by atoms with Gasteiger partial charge in [0, 0.05) is 29.8 Å². The molecule has 42 heavy (non-hydrogen) atoms. The van der Waals surface area contributed by atoms with Crippen LogP contribution in [0.4, 0.5) is 5.69 Å². The Bertz CT molecular complexity index is 1830. The fraction of sp³-hybridized carbons (Fsp3) is 0.147. The Balaban J connectivity index is 1.52. The molecule has 3 aliphatic heterocycles. The van der Waals surface area contributed by atoms with Crippen molar-refractivity contribution in [2.75, 3.05) is 11.9 Å². The molecule has 0 bridgehead atoms. The van der Waals surface area contributed by atoms with Gasteiger partial charge in [0.05, 0.1) is 17.5 Å². The molecule has 8 nitrogen and oxygen atoms in total. The number of benzene rings is 3. The van der Waals surface area contributed by atoms with E-state index in [0.29, 0.717) is 16.8 Å². The van der Waals surface area contributed by atoms with Crippen molar-refractivity contribution in [2.24, 2.45) is 5.92 Å². The predicted molar refractivity (Wildman–Crippen MR) is 155 cm³/mol. The van der Waals surface area contributed by atoms with Gasteiger partial charge in [0.25, 0.3) is 0 Å². The smallest absolute Gasteiger partial charge is 0.238 e. The summed E-state index contributed by atoms with van der Waals surface area (Å²) in [6, 6.07) is 25.4. The lowest BCUT2D eigenvalue weighted by Crippen LogP contribution is -2.49. The van der Waals surface area contributed by atoms with Gasteiger partial charge >= 0.3 is 0 Å². The summed E-state index contributed by atoms with van der Waals surface area (Å²) >= 11 is 0. The second kappa shape index (κ2) is 9.82. The highest BCUT2D eigenvalue weighted by atomic mass is 16.5. The molecule has 1 N–H and O–H groups in total. The van der Waals surface area contributed by atoms with Crippen molar-refractivity contribution in [3.05, 3.63) is 131 Å². The second-order valence-electron chi connectivity index (χ2n) is 10.5. The zero-order valence-corrected chi connectivity index (χ0v) is 22.3. The first-order chi connectivity index (χ1) is 20.6. The number of nitriles is 1. The molecule has 4 heterocycles. The van der Waals surface area contributed by atoms with Crippen LogP contribution >= 0.6 is 0 Å². The first kappa shape index (κ1) is 25.4. The number of ketones is 2. The average molecular weight is 553 g/mol. The molecule has 4 aromatic rings. The maximum Gasteiger partial charge on any atom is 0.238 e. The van der Waals surface area contributed by atoms with E-state index in [0.717, 1.165) is 11.1 Å². The number of amides is 1. The van der Waals surface area contributed by atoms with Crippen molar-refractivity contribution in [3.8, 4) is 11.8 Å². The van der Waals surface area contributed by atoms with Crippen molar-refractivity contribution in [1.29, 1.82) is 5.26 Å². The van der Waals surface area contributed by atoms with Crippen LogP contribution in [-0.4, -0.2) is 40.0 Å². The Kier molecular flexibility index (Phi) is 5.94. The van der Waals surface area contributed by atoms with Crippen LogP contribution in [-0.2, 0) is 10.2 Å². The highest BCUT2D eigenvalue weighted by molar-refractivity contribution is 6.17. The average Bonchev–Trinajstić information content (AvgIpc) is 3.52. The van der Waals surface area contributed by atoms with E-state index in [9.17, 15) is 14.4 Å². The van der Waals surface area contributed by atoms with Crippen LogP contribution in [0.1, 0.15) is 43.4 Å². The summed E-state index contributed by atoms with van der Waals surface area (Å²) < 4.78 is 5.64. The van der Waals surface area contributed by atoms with Crippen LogP contribution in [0.5, 0.6) is 5.75 Å². The van der Waals surface area contributed by atoms with E-state index in [4.69, 9.17) is 10.00 Å². The predicted octanol–water partition coefficient (Wildman–Crippen LogP) is 4.97. The molecule has 1 spiro atoms. The number of hydrogen-bond donors (Lipinski definition) is 1. The number of anilines is 1. The van der Waals surface area contributed by atoms with Gasteiger partial charge in [-0.25, -0.2) is 0 Å². The molecule has 4 atom stereocenters. The summed E-state index contributed by atoms with van der Waals surface area (Å²) in [5.74, 6) is -1.96. The third-order valence-electron chi connectivity index (χ3n) is 8.51. The summed E-state index contributed by atoms with van der Waals surface area (Å²) in [4.78, 5) is 50.0. The molecule has 1 amide bonds. The van der Waals surface area contributed by atoms with Crippen LogP contribution < -0.4 is 10.1 Å². The molecule has 8 heteroatoms. The molecule has 1 fully saturated rings. The van der Waals surface area contributed by atoms with Crippen molar-refractivity contribution in [1.82, 2.24) is 9.88 Å². The van der Waals surface area contributed by atoms with E-state index in [2.05, 4.69) is 10.3 Å². The van der Waals surface area contributed by atoms with Gasteiger partial charge in [0.1, 0.15) is 23.3 Å². The summed E-state index contributed by atoms with van der Waals surface area (Å²) in [6.07, 6.45) is 6.78. The zero-order chi connectivity index (χ0) is 28.8. The standard InChI is InChI=1S/C34H24N4O4/c35-16-19-42-27-14-6-3-11-24(27)31(40)29-28(30(39)22-9-7-17-36-20-22)34(25-12-4-5-13-26(25)37-33(34)41)32-23-10-2-1-8-21(23)15-18-38(29)32/h1-15,17-18,20,28-29,32H,19H2,(H,37,41)/t28-,29+,32+,34+/m0/s1. The lowest BCUT2D eigenvalue weighted by Gasteiger charge is -2.38. The van der Waals surface area contributed by atoms with E-state index < -0.39 is 23.4 Å². The van der Waals surface area contributed by atoms with Gasteiger partial charge in [-0.3, -0.25) is 19.4 Å². The molecule has 204 valence electrons. The number of para-hydroxylation sites is 2. The number of carbonyl (C=O) groups excluding carboxylic acids is 3.